The highest BCUT2D eigenvalue weighted by Crippen LogP contribution is 2.15. The van der Waals surface area contributed by atoms with Crippen molar-refractivity contribution >= 4 is 0 Å². The minimum absolute atomic E-state index is 0.671. The van der Waals surface area contributed by atoms with Gasteiger partial charge in [0.2, 0.25) is 0 Å². The lowest BCUT2D eigenvalue weighted by Crippen LogP contribution is -2.46. The van der Waals surface area contributed by atoms with E-state index in [1.165, 1.54) is 19.4 Å². The van der Waals surface area contributed by atoms with Crippen LogP contribution in [0.15, 0.2) is 12.3 Å². The molecule has 0 aliphatic carbocycles. The lowest BCUT2D eigenvalue weighted by molar-refractivity contribution is -0.0183. The van der Waals surface area contributed by atoms with Crippen molar-refractivity contribution in [2.45, 2.75) is 32.7 Å². The largest absolute Gasteiger partial charge is 0.311 e. The molecule has 0 radical (unpaired) electrons. The molecular weight excluding hydrogens is 136 g/mol. The van der Waals surface area contributed by atoms with Gasteiger partial charge < -0.3 is 5.01 Å². The van der Waals surface area contributed by atoms with Gasteiger partial charge in [0.25, 0.3) is 0 Å². The summed E-state index contributed by atoms with van der Waals surface area (Å²) in [6.45, 7) is 5.53. The Morgan fingerprint density at radius 2 is 2.18 bits per heavy atom. The van der Waals surface area contributed by atoms with Crippen molar-refractivity contribution in [1.82, 2.24) is 10.0 Å². The van der Waals surface area contributed by atoms with Crippen LogP contribution in [0.5, 0.6) is 0 Å². The minimum Gasteiger partial charge on any atom is -0.311 e. The van der Waals surface area contributed by atoms with Crippen LogP contribution in [-0.2, 0) is 0 Å². The van der Waals surface area contributed by atoms with Crippen LogP contribution in [-0.4, -0.2) is 29.7 Å². The highest BCUT2D eigenvalue weighted by Gasteiger charge is 2.18. The number of rotatable bonds is 1. The molecule has 1 aliphatic heterocycles. The van der Waals surface area contributed by atoms with Crippen molar-refractivity contribution in [2.24, 2.45) is 0 Å². The monoisotopic (exact) mass is 154 g/mol. The molecule has 1 aliphatic rings. The average Bonchev–Trinajstić information content (AvgIpc) is 1.97. The number of hydrogen-bond donors (Lipinski definition) is 0. The van der Waals surface area contributed by atoms with E-state index in [1.54, 1.807) is 0 Å². The summed E-state index contributed by atoms with van der Waals surface area (Å²) in [6, 6.07) is 0.671. The normalized spacial score (nSPS) is 28.3. The minimum atomic E-state index is 0.671. The number of hydrazine groups is 1. The summed E-state index contributed by atoms with van der Waals surface area (Å²) in [6.07, 6.45) is 6.89. The Morgan fingerprint density at radius 1 is 1.45 bits per heavy atom. The lowest BCUT2D eigenvalue weighted by Gasteiger charge is -2.40. The Hall–Kier alpha value is -0.500. The fraction of sp³-hybridized carbons (Fsp3) is 0.778. The zero-order valence-electron chi connectivity index (χ0n) is 7.75. The van der Waals surface area contributed by atoms with E-state index in [9.17, 15) is 0 Å². The van der Waals surface area contributed by atoms with Gasteiger partial charge in [-0.3, -0.25) is 0 Å². The summed E-state index contributed by atoms with van der Waals surface area (Å²) in [5, 5.41) is 4.59. The van der Waals surface area contributed by atoms with Gasteiger partial charge in [-0.15, -0.1) is 0 Å². The molecule has 0 aromatic heterocycles. The molecule has 2 heteroatoms. The third kappa shape index (κ3) is 1.96. The molecule has 0 saturated carbocycles. The van der Waals surface area contributed by atoms with Crippen LogP contribution in [0.2, 0.25) is 0 Å². The maximum Gasteiger partial charge on any atom is 0.0422 e. The second-order valence-corrected chi connectivity index (χ2v) is 3.23. The van der Waals surface area contributed by atoms with Gasteiger partial charge in [-0.25, -0.2) is 5.01 Å². The zero-order chi connectivity index (χ0) is 8.27. The maximum atomic E-state index is 2.31. The first-order chi connectivity index (χ1) is 5.25. The van der Waals surface area contributed by atoms with Gasteiger partial charge in [0.1, 0.15) is 0 Å². The lowest BCUT2D eigenvalue weighted by atomic mass is 10.1. The van der Waals surface area contributed by atoms with E-state index >= 15 is 0 Å². The third-order valence-electron chi connectivity index (χ3n) is 2.25. The maximum absolute atomic E-state index is 2.31. The summed E-state index contributed by atoms with van der Waals surface area (Å²) < 4.78 is 0. The molecule has 1 unspecified atom stereocenters. The van der Waals surface area contributed by atoms with E-state index in [2.05, 4.69) is 43.2 Å². The molecule has 1 saturated heterocycles. The standard InChI is InChI=1S/C9H18N2/c1-4-7-11-9(2)6-5-8-10(11)3/h4,7,9H,5-6,8H2,1-3H3/b7-4-. The van der Waals surface area contributed by atoms with Gasteiger partial charge in [-0.2, -0.15) is 0 Å². The van der Waals surface area contributed by atoms with Crippen LogP contribution in [0.3, 0.4) is 0 Å². The summed E-state index contributed by atoms with van der Waals surface area (Å²) in [7, 11) is 2.15. The molecule has 1 fully saturated rings. The van der Waals surface area contributed by atoms with E-state index in [-0.39, 0.29) is 0 Å². The molecule has 1 atom stereocenters. The first-order valence-electron chi connectivity index (χ1n) is 4.38. The predicted molar refractivity (Wildman–Crippen MR) is 48.0 cm³/mol. The second kappa shape index (κ2) is 3.77. The van der Waals surface area contributed by atoms with Crippen LogP contribution in [0.4, 0.5) is 0 Å². The van der Waals surface area contributed by atoms with Crippen molar-refractivity contribution in [3.63, 3.8) is 0 Å². The van der Waals surface area contributed by atoms with Crippen molar-refractivity contribution in [3.05, 3.63) is 12.3 Å². The van der Waals surface area contributed by atoms with Gasteiger partial charge in [0.15, 0.2) is 0 Å². The van der Waals surface area contributed by atoms with Crippen LogP contribution in [0.1, 0.15) is 26.7 Å². The van der Waals surface area contributed by atoms with Gasteiger partial charge in [-0.05, 0) is 26.7 Å². The molecule has 0 amide bonds. The van der Waals surface area contributed by atoms with Crippen LogP contribution in [0, 0.1) is 0 Å². The molecule has 0 N–H and O–H groups in total. The molecule has 11 heavy (non-hydrogen) atoms. The van der Waals surface area contributed by atoms with Gasteiger partial charge in [0.05, 0.1) is 0 Å². The zero-order valence-corrected chi connectivity index (χ0v) is 7.75. The Morgan fingerprint density at radius 3 is 2.73 bits per heavy atom. The second-order valence-electron chi connectivity index (χ2n) is 3.23. The molecule has 64 valence electrons. The van der Waals surface area contributed by atoms with Gasteiger partial charge >= 0.3 is 0 Å². The van der Waals surface area contributed by atoms with Crippen molar-refractivity contribution in [3.8, 4) is 0 Å². The van der Waals surface area contributed by atoms with Gasteiger partial charge in [0, 0.05) is 25.8 Å². The third-order valence-corrected chi connectivity index (χ3v) is 2.25. The molecule has 1 heterocycles. The Kier molecular flexibility index (Phi) is 2.94. The van der Waals surface area contributed by atoms with Gasteiger partial charge in [-0.1, -0.05) is 6.08 Å². The first-order valence-corrected chi connectivity index (χ1v) is 4.38. The van der Waals surface area contributed by atoms with Crippen molar-refractivity contribution in [1.29, 1.82) is 0 Å². The van der Waals surface area contributed by atoms with Crippen LogP contribution in [0.25, 0.3) is 0 Å². The average molecular weight is 154 g/mol. The number of hydrogen-bond acceptors (Lipinski definition) is 2. The molecule has 0 aromatic carbocycles. The van der Waals surface area contributed by atoms with E-state index in [0.717, 1.165) is 0 Å². The van der Waals surface area contributed by atoms with E-state index in [0.29, 0.717) is 6.04 Å². The first kappa shape index (κ1) is 8.60. The molecule has 0 aromatic rings. The topological polar surface area (TPSA) is 6.48 Å². The molecule has 1 rings (SSSR count). The predicted octanol–water partition coefficient (Wildman–Crippen LogP) is 1.85. The Bertz CT molecular complexity index is 132. The molecule has 0 bridgehead atoms. The van der Waals surface area contributed by atoms with E-state index < -0.39 is 0 Å². The number of nitrogens with zero attached hydrogens (tertiary/aromatic N) is 2. The smallest absolute Gasteiger partial charge is 0.0422 e. The Balaban J connectivity index is 2.55. The highest BCUT2D eigenvalue weighted by atomic mass is 15.6. The fourth-order valence-corrected chi connectivity index (χ4v) is 1.61. The van der Waals surface area contributed by atoms with Crippen LogP contribution >= 0.6 is 0 Å². The SMILES string of the molecule is C/C=C\N1C(C)CCCN1C. The van der Waals surface area contributed by atoms with Crippen molar-refractivity contribution < 1.29 is 0 Å². The van der Waals surface area contributed by atoms with Crippen molar-refractivity contribution in [2.75, 3.05) is 13.6 Å². The molecule has 2 nitrogen and oxygen atoms in total. The van der Waals surface area contributed by atoms with Crippen LogP contribution < -0.4 is 0 Å². The molecule has 0 spiro atoms. The fourth-order valence-electron chi connectivity index (χ4n) is 1.61. The summed E-state index contributed by atoms with van der Waals surface area (Å²) in [4.78, 5) is 0. The van der Waals surface area contributed by atoms with E-state index in [1.807, 2.05) is 0 Å². The highest BCUT2D eigenvalue weighted by molar-refractivity contribution is 4.83. The summed E-state index contributed by atoms with van der Waals surface area (Å²) in [5.74, 6) is 0. The summed E-state index contributed by atoms with van der Waals surface area (Å²) in [5.41, 5.74) is 0. The molecular formula is C9H18N2. The quantitative estimate of drug-likeness (QED) is 0.568. The summed E-state index contributed by atoms with van der Waals surface area (Å²) >= 11 is 0. The number of allylic oxidation sites excluding steroid dienone is 1. The van der Waals surface area contributed by atoms with E-state index in [4.69, 9.17) is 0 Å². The Labute approximate surface area is 69.5 Å².